The molecule has 0 aliphatic rings. The Labute approximate surface area is 105 Å². The molecule has 0 aromatic carbocycles. The number of sulfonamides is 1. The van der Waals surface area contributed by atoms with Gasteiger partial charge in [0.05, 0.1) is 13.5 Å². The van der Waals surface area contributed by atoms with E-state index in [1.165, 1.54) is 18.0 Å². The van der Waals surface area contributed by atoms with Crippen LogP contribution in [0, 0.1) is 0 Å². The van der Waals surface area contributed by atoms with Gasteiger partial charge in [-0.3, -0.25) is 9.48 Å². The molecule has 0 spiro atoms. The summed E-state index contributed by atoms with van der Waals surface area (Å²) >= 11 is 0. The fourth-order valence-electron chi connectivity index (χ4n) is 1.25. The number of carbonyl (C=O) groups excluding carboxylic acids is 1. The summed E-state index contributed by atoms with van der Waals surface area (Å²) in [5.41, 5.74) is 5.52. The lowest BCUT2D eigenvalue weighted by Crippen LogP contribution is -2.27. The summed E-state index contributed by atoms with van der Waals surface area (Å²) < 4.78 is 31.8. The first kappa shape index (κ1) is 14.5. The molecule has 18 heavy (non-hydrogen) atoms. The largest absolute Gasteiger partial charge is 0.469 e. The molecular weight excluding hydrogens is 260 g/mol. The molecule has 0 radical (unpaired) electrons. The summed E-state index contributed by atoms with van der Waals surface area (Å²) in [6.07, 6.45) is 1.30. The van der Waals surface area contributed by atoms with Gasteiger partial charge >= 0.3 is 5.97 Å². The van der Waals surface area contributed by atoms with Crippen LogP contribution in [0.4, 0.5) is 5.82 Å². The molecule has 1 heterocycles. The van der Waals surface area contributed by atoms with E-state index >= 15 is 0 Å². The molecule has 1 aromatic heterocycles. The minimum absolute atomic E-state index is 0.0441. The molecular formula is C9H16N4O4S. The summed E-state index contributed by atoms with van der Waals surface area (Å²) in [7, 11) is -2.51. The number of carbonyl (C=O) groups is 1. The first-order valence-corrected chi connectivity index (χ1v) is 6.78. The van der Waals surface area contributed by atoms with E-state index in [1.807, 2.05) is 6.92 Å². The second-order valence-electron chi connectivity index (χ2n) is 3.46. The maximum absolute atomic E-state index is 11.9. The Morgan fingerprint density at radius 3 is 2.78 bits per heavy atom. The van der Waals surface area contributed by atoms with Gasteiger partial charge in [0.15, 0.2) is 5.82 Å². The van der Waals surface area contributed by atoms with Crippen molar-refractivity contribution in [3.8, 4) is 0 Å². The second kappa shape index (κ2) is 5.83. The summed E-state index contributed by atoms with van der Waals surface area (Å²) in [5, 5.41) is 3.84. The Morgan fingerprint density at radius 2 is 2.28 bits per heavy atom. The zero-order valence-electron chi connectivity index (χ0n) is 10.2. The first-order valence-electron chi connectivity index (χ1n) is 5.30. The molecule has 0 amide bonds. The number of ether oxygens (including phenoxy) is 1. The Balaban J connectivity index is 2.74. The number of aromatic nitrogens is 2. The van der Waals surface area contributed by atoms with Crippen molar-refractivity contribution in [3.63, 3.8) is 0 Å². The van der Waals surface area contributed by atoms with Gasteiger partial charge in [0.2, 0.25) is 10.0 Å². The molecule has 102 valence electrons. The lowest BCUT2D eigenvalue weighted by Gasteiger charge is -2.04. The highest BCUT2D eigenvalue weighted by molar-refractivity contribution is 7.89. The van der Waals surface area contributed by atoms with Crippen molar-refractivity contribution in [2.24, 2.45) is 0 Å². The van der Waals surface area contributed by atoms with Crippen molar-refractivity contribution < 1.29 is 17.9 Å². The van der Waals surface area contributed by atoms with Crippen molar-refractivity contribution >= 4 is 21.8 Å². The summed E-state index contributed by atoms with van der Waals surface area (Å²) in [6.45, 7) is 2.28. The highest BCUT2D eigenvalue weighted by Gasteiger charge is 2.20. The summed E-state index contributed by atoms with van der Waals surface area (Å²) in [6, 6.07) is 0. The van der Waals surface area contributed by atoms with Crippen molar-refractivity contribution in [1.82, 2.24) is 14.5 Å². The van der Waals surface area contributed by atoms with Gasteiger partial charge in [-0.25, -0.2) is 13.1 Å². The van der Waals surface area contributed by atoms with E-state index in [9.17, 15) is 13.2 Å². The maximum Gasteiger partial charge on any atom is 0.306 e. The van der Waals surface area contributed by atoms with E-state index in [-0.39, 0.29) is 23.7 Å². The second-order valence-corrected chi connectivity index (χ2v) is 5.19. The molecule has 8 nitrogen and oxygen atoms in total. The highest BCUT2D eigenvalue weighted by atomic mass is 32.2. The number of hydrogen-bond donors (Lipinski definition) is 2. The van der Waals surface area contributed by atoms with E-state index in [1.54, 1.807) is 0 Å². The number of nitrogens with zero attached hydrogens (tertiary/aromatic N) is 2. The monoisotopic (exact) mass is 276 g/mol. The molecule has 0 fully saturated rings. The summed E-state index contributed by atoms with van der Waals surface area (Å²) in [4.78, 5) is 10.8. The quantitative estimate of drug-likeness (QED) is 0.665. The van der Waals surface area contributed by atoms with Gasteiger partial charge in [-0.1, -0.05) is 0 Å². The molecule has 0 saturated heterocycles. The number of methoxy groups -OCH3 is 1. The third-order valence-corrected chi connectivity index (χ3v) is 3.70. The minimum Gasteiger partial charge on any atom is -0.469 e. The third kappa shape index (κ3) is 3.44. The molecule has 9 heteroatoms. The molecule has 1 aromatic rings. The molecule has 0 aliphatic carbocycles. The molecule has 0 aliphatic heterocycles. The van der Waals surface area contributed by atoms with Gasteiger partial charge in [0.25, 0.3) is 0 Å². The van der Waals surface area contributed by atoms with Crippen LogP contribution >= 0.6 is 0 Å². The SMILES string of the molecule is CCn1cc(S(=O)(=O)NCCC(=O)OC)c(N)n1. The van der Waals surface area contributed by atoms with Crippen LogP contribution in [0.15, 0.2) is 11.1 Å². The van der Waals surface area contributed by atoms with E-state index in [2.05, 4.69) is 14.6 Å². The number of aryl methyl sites for hydroxylation is 1. The molecule has 0 bridgehead atoms. The van der Waals surface area contributed by atoms with Gasteiger partial charge in [0.1, 0.15) is 4.90 Å². The Bertz CT molecular complexity index is 523. The Hall–Kier alpha value is -1.61. The first-order chi connectivity index (χ1) is 8.40. The van der Waals surface area contributed by atoms with Gasteiger partial charge in [-0.05, 0) is 6.92 Å². The molecule has 0 saturated carbocycles. The van der Waals surface area contributed by atoms with Crippen LogP contribution in [0.25, 0.3) is 0 Å². The standard InChI is InChI=1S/C9H16N4O4S/c1-3-13-6-7(9(10)12-13)18(15,16)11-5-4-8(14)17-2/h6,11H,3-5H2,1-2H3,(H2,10,12). The van der Waals surface area contributed by atoms with Gasteiger partial charge in [0, 0.05) is 19.3 Å². The van der Waals surface area contributed by atoms with E-state index in [4.69, 9.17) is 5.73 Å². The third-order valence-electron chi connectivity index (χ3n) is 2.22. The zero-order chi connectivity index (χ0) is 13.8. The molecule has 0 unspecified atom stereocenters. The zero-order valence-corrected chi connectivity index (χ0v) is 11.0. The van der Waals surface area contributed by atoms with E-state index in [0.29, 0.717) is 6.54 Å². The number of nitrogens with two attached hydrogens (primary N) is 1. The normalized spacial score (nSPS) is 11.4. The van der Waals surface area contributed by atoms with Crippen molar-refractivity contribution in [1.29, 1.82) is 0 Å². The molecule has 3 N–H and O–H groups in total. The predicted molar refractivity (Wildman–Crippen MR) is 64.1 cm³/mol. The van der Waals surface area contributed by atoms with Crippen molar-refractivity contribution in [2.45, 2.75) is 24.8 Å². The van der Waals surface area contributed by atoms with Crippen LogP contribution in [0.3, 0.4) is 0 Å². The van der Waals surface area contributed by atoms with Crippen LogP contribution in [0.5, 0.6) is 0 Å². The van der Waals surface area contributed by atoms with Crippen LogP contribution < -0.4 is 10.5 Å². The van der Waals surface area contributed by atoms with Crippen LogP contribution in [-0.2, 0) is 26.1 Å². The van der Waals surface area contributed by atoms with E-state index < -0.39 is 16.0 Å². The lowest BCUT2D eigenvalue weighted by molar-refractivity contribution is -0.140. The van der Waals surface area contributed by atoms with E-state index in [0.717, 1.165) is 0 Å². The van der Waals surface area contributed by atoms with Gasteiger partial charge in [-0.15, -0.1) is 0 Å². The van der Waals surface area contributed by atoms with Crippen LogP contribution in [0.2, 0.25) is 0 Å². The number of nitrogens with one attached hydrogen (secondary N) is 1. The molecule has 0 atom stereocenters. The van der Waals surface area contributed by atoms with Crippen LogP contribution in [-0.4, -0.2) is 37.8 Å². The van der Waals surface area contributed by atoms with Crippen molar-refractivity contribution in [2.75, 3.05) is 19.4 Å². The minimum atomic E-state index is -3.75. The number of rotatable bonds is 6. The Kier molecular flexibility index (Phi) is 4.68. The smallest absolute Gasteiger partial charge is 0.306 e. The molecule has 1 rings (SSSR count). The maximum atomic E-state index is 11.9. The topological polar surface area (TPSA) is 116 Å². The highest BCUT2D eigenvalue weighted by Crippen LogP contribution is 2.15. The number of esters is 1. The predicted octanol–water partition coefficient (Wildman–Crippen LogP) is -0.673. The number of nitrogen functional groups attached to an aromatic ring is 1. The number of hydrogen-bond acceptors (Lipinski definition) is 6. The lowest BCUT2D eigenvalue weighted by atomic mass is 10.4. The Morgan fingerprint density at radius 1 is 1.61 bits per heavy atom. The fourth-order valence-corrected chi connectivity index (χ4v) is 2.36. The van der Waals surface area contributed by atoms with Crippen LogP contribution in [0.1, 0.15) is 13.3 Å². The number of anilines is 1. The fraction of sp³-hybridized carbons (Fsp3) is 0.556. The van der Waals surface area contributed by atoms with Gasteiger partial charge in [-0.2, -0.15) is 5.10 Å². The van der Waals surface area contributed by atoms with Gasteiger partial charge < -0.3 is 10.5 Å². The summed E-state index contributed by atoms with van der Waals surface area (Å²) in [5.74, 6) is -0.558. The average Bonchev–Trinajstić information content (AvgIpc) is 2.71. The average molecular weight is 276 g/mol. The van der Waals surface area contributed by atoms with Crippen molar-refractivity contribution in [3.05, 3.63) is 6.20 Å².